The van der Waals surface area contributed by atoms with E-state index in [0.717, 1.165) is 17.9 Å². The molecule has 0 bridgehead atoms. The molecular weight excluding hydrogens is 270 g/mol. The standard InChI is InChI=1S/C15H21N3O3/c1-10-13(11(2)18(4)16-10)8-17(3)7-12-6-14(19)15(20-5)9-21-12/h6,9H,7-8H2,1-5H3. The minimum Gasteiger partial charge on any atom is -0.490 e. The zero-order chi connectivity index (χ0) is 15.6. The zero-order valence-electron chi connectivity index (χ0n) is 13.1. The molecule has 0 saturated heterocycles. The smallest absolute Gasteiger partial charge is 0.227 e. The lowest BCUT2D eigenvalue weighted by Crippen LogP contribution is -2.19. The second-order valence-corrected chi connectivity index (χ2v) is 5.22. The van der Waals surface area contributed by atoms with Crippen molar-refractivity contribution in [1.29, 1.82) is 0 Å². The van der Waals surface area contributed by atoms with Crippen LogP contribution in [-0.2, 0) is 20.1 Å². The number of methoxy groups -OCH3 is 1. The molecule has 0 saturated carbocycles. The third kappa shape index (κ3) is 3.33. The number of hydrogen-bond acceptors (Lipinski definition) is 5. The zero-order valence-corrected chi connectivity index (χ0v) is 13.1. The van der Waals surface area contributed by atoms with Gasteiger partial charge in [-0.15, -0.1) is 0 Å². The summed E-state index contributed by atoms with van der Waals surface area (Å²) in [4.78, 5) is 13.8. The van der Waals surface area contributed by atoms with Gasteiger partial charge in [-0.3, -0.25) is 14.4 Å². The Bertz CT molecular complexity index is 688. The van der Waals surface area contributed by atoms with Crippen LogP contribution in [0.15, 0.2) is 21.5 Å². The molecule has 0 atom stereocenters. The van der Waals surface area contributed by atoms with Crippen LogP contribution < -0.4 is 10.2 Å². The summed E-state index contributed by atoms with van der Waals surface area (Å²) >= 11 is 0. The van der Waals surface area contributed by atoms with E-state index >= 15 is 0 Å². The SMILES string of the molecule is COc1coc(CN(C)Cc2c(C)nn(C)c2C)cc1=O. The quantitative estimate of drug-likeness (QED) is 0.838. The monoisotopic (exact) mass is 291 g/mol. The average Bonchev–Trinajstić information content (AvgIpc) is 2.65. The first-order chi connectivity index (χ1) is 9.92. The molecule has 0 unspecified atom stereocenters. The molecular formula is C15H21N3O3. The maximum Gasteiger partial charge on any atom is 0.227 e. The molecule has 0 aromatic carbocycles. The third-order valence-electron chi connectivity index (χ3n) is 3.58. The molecule has 2 aromatic rings. The molecule has 2 heterocycles. The Kier molecular flexibility index (Phi) is 4.47. The van der Waals surface area contributed by atoms with Crippen molar-refractivity contribution < 1.29 is 9.15 Å². The van der Waals surface area contributed by atoms with E-state index in [2.05, 4.69) is 16.9 Å². The molecule has 0 spiro atoms. The number of aryl methyl sites for hydroxylation is 2. The summed E-state index contributed by atoms with van der Waals surface area (Å²) in [5.74, 6) is 0.836. The maximum absolute atomic E-state index is 11.7. The summed E-state index contributed by atoms with van der Waals surface area (Å²) in [6, 6.07) is 1.47. The summed E-state index contributed by atoms with van der Waals surface area (Å²) in [7, 11) is 5.37. The second-order valence-electron chi connectivity index (χ2n) is 5.22. The number of ether oxygens (including phenoxy) is 1. The summed E-state index contributed by atoms with van der Waals surface area (Å²) in [6.07, 6.45) is 1.35. The Morgan fingerprint density at radius 3 is 2.62 bits per heavy atom. The van der Waals surface area contributed by atoms with Gasteiger partial charge < -0.3 is 9.15 Å². The lowest BCUT2D eigenvalue weighted by molar-refractivity contribution is 0.278. The third-order valence-corrected chi connectivity index (χ3v) is 3.58. The van der Waals surface area contributed by atoms with E-state index in [9.17, 15) is 4.79 Å². The first kappa shape index (κ1) is 15.3. The molecule has 0 amide bonds. The molecule has 2 aromatic heterocycles. The summed E-state index contributed by atoms with van der Waals surface area (Å²) in [5, 5.41) is 4.41. The molecule has 6 nitrogen and oxygen atoms in total. The van der Waals surface area contributed by atoms with Crippen molar-refractivity contribution in [2.75, 3.05) is 14.2 Å². The Morgan fingerprint density at radius 1 is 1.38 bits per heavy atom. The Balaban J connectivity index is 2.10. The lowest BCUT2D eigenvalue weighted by atomic mass is 10.2. The molecule has 0 fully saturated rings. The molecule has 114 valence electrons. The molecule has 0 aliphatic carbocycles. The van der Waals surface area contributed by atoms with E-state index in [1.807, 2.05) is 25.7 Å². The van der Waals surface area contributed by atoms with Crippen LogP contribution in [0.4, 0.5) is 0 Å². The van der Waals surface area contributed by atoms with E-state index < -0.39 is 0 Å². The van der Waals surface area contributed by atoms with Crippen molar-refractivity contribution in [2.45, 2.75) is 26.9 Å². The number of nitrogens with zero attached hydrogens (tertiary/aromatic N) is 3. The molecule has 0 aliphatic heterocycles. The number of aromatic nitrogens is 2. The van der Waals surface area contributed by atoms with Crippen LogP contribution in [-0.4, -0.2) is 28.8 Å². The Hall–Kier alpha value is -2.08. The fourth-order valence-corrected chi connectivity index (χ4v) is 2.31. The fourth-order valence-electron chi connectivity index (χ4n) is 2.31. The largest absolute Gasteiger partial charge is 0.490 e. The van der Waals surface area contributed by atoms with Gasteiger partial charge in [-0.05, 0) is 20.9 Å². The van der Waals surface area contributed by atoms with Gasteiger partial charge in [0.25, 0.3) is 0 Å². The van der Waals surface area contributed by atoms with Crippen LogP contribution in [0.3, 0.4) is 0 Å². The van der Waals surface area contributed by atoms with Crippen molar-refractivity contribution in [3.8, 4) is 5.75 Å². The number of rotatable bonds is 5. The fraction of sp³-hybridized carbons (Fsp3) is 0.467. The highest BCUT2D eigenvalue weighted by molar-refractivity contribution is 5.24. The van der Waals surface area contributed by atoms with Gasteiger partial charge in [0.05, 0.1) is 19.3 Å². The Morgan fingerprint density at radius 2 is 2.10 bits per heavy atom. The van der Waals surface area contributed by atoms with Crippen LogP contribution in [0.2, 0.25) is 0 Å². The Labute approximate surface area is 123 Å². The lowest BCUT2D eigenvalue weighted by Gasteiger charge is -2.16. The van der Waals surface area contributed by atoms with Gasteiger partial charge in [0.1, 0.15) is 12.0 Å². The van der Waals surface area contributed by atoms with Gasteiger partial charge in [0.15, 0.2) is 0 Å². The van der Waals surface area contributed by atoms with E-state index in [1.54, 1.807) is 0 Å². The van der Waals surface area contributed by atoms with Crippen LogP contribution in [0, 0.1) is 13.8 Å². The van der Waals surface area contributed by atoms with Crippen LogP contribution in [0.25, 0.3) is 0 Å². The first-order valence-electron chi connectivity index (χ1n) is 6.75. The minimum atomic E-state index is -0.166. The van der Waals surface area contributed by atoms with Crippen LogP contribution >= 0.6 is 0 Å². The highest BCUT2D eigenvalue weighted by Crippen LogP contribution is 2.15. The average molecular weight is 291 g/mol. The van der Waals surface area contributed by atoms with Crippen molar-refractivity contribution in [1.82, 2.24) is 14.7 Å². The van der Waals surface area contributed by atoms with Crippen molar-refractivity contribution >= 4 is 0 Å². The summed E-state index contributed by atoms with van der Waals surface area (Å²) < 4.78 is 12.2. The molecule has 0 N–H and O–H groups in total. The molecule has 2 rings (SSSR count). The number of hydrogen-bond donors (Lipinski definition) is 0. The van der Waals surface area contributed by atoms with Crippen LogP contribution in [0.1, 0.15) is 22.7 Å². The van der Waals surface area contributed by atoms with Crippen molar-refractivity contribution in [2.24, 2.45) is 7.05 Å². The maximum atomic E-state index is 11.7. The van der Waals surface area contributed by atoms with Gasteiger partial charge in [0, 0.05) is 30.9 Å². The molecule has 21 heavy (non-hydrogen) atoms. The van der Waals surface area contributed by atoms with E-state index in [-0.39, 0.29) is 11.2 Å². The summed E-state index contributed by atoms with van der Waals surface area (Å²) in [6.45, 7) is 5.36. The van der Waals surface area contributed by atoms with Crippen molar-refractivity contribution in [3.05, 3.63) is 45.3 Å². The van der Waals surface area contributed by atoms with Crippen LogP contribution in [0.5, 0.6) is 5.75 Å². The second kappa shape index (κ2) is 6.13. The van der Waals surface area contributed by atoms with E-state index in [1.165, 1.54) is 25.0 Å². The topological polar surface area (TPSA) is 60.5 Å². The normalized spacial score (nSPS) is 11.1. The highest BCUT2D eigenvalue weighted by atomic mass is 16.5. The van der Waals surface area contributed by atoms with Gasteiger partial charge in [-0.1, -0.05) is 0 Å². The van der Waals surface area contributed by atoms with E-state index in [4.69, 9.17) is 9.15 Å². The highest BCUT2D eigenvalue weighted by Gasteiger charge is 2.13. The first-order valence-corrected chi connectivity index (χ1v) is 6.75. The summed E-state index contributed by atoms with van der Waals surface area (Å²) in [5.41, 5.74) is 3.21. The van der Waals surface area contributed by atoms with E-state index in [0.29, 0.717) is 12.3 Å². The van der Waals surface area contributed by atoms with Gasteiger partial charge >= 0.3 is 0 Å². The predicted octanol–water partition coefficient (Wildman–Crippen LogP) is 1.63. The van der Waals surface area contributed by atoms with Gasteiger partial charge in [-0.2, -0.15) is 5.10 Å². The molecule has 0 radical (unpaired) electrons. The molecule has 0 aliphatic rings. The van der Waals surface area contributed by atoms with Crippen molar-refractivity contribution in [3.63, 3.8) is 0 Å². The minimum absolute atomic E-state index is 0.166. The van der Waals surface area contributed by atoms with Gasteiger partial charge in [0.2, 0.25) is 11.2 Å². The molecule has 6 heteroatoms. The van der Waals surface area contributed by atoms with Gasteiger partial charge in [-0.25, -0.2) is 0 Å². The predicted molar refractivity (Wildman–Crippen MR) is 79.4 cm³/mol.